The molecule has 2 aromatic carbocycles. The van der Waals surface area contributed by atoms with Crippen LogP contribution in [0.15, 0.2) is 59.1 Å². The van der Waals surface area contributed by atoms with E-state index >= 15 is 0 Å². The minimum Gasteiger partial charge on any atom is -0.496 e. The summed E-state index contributed by atoms with van der Waals surface area (Å²) in [5.41, 5.74) is 2.51. The van der Waals surface area contributed by atoms with Crippen molar-refractivity contribution in [2.24, 2.45) is 0 Å². The van der Waals surface area contributed by atoms with E-state index in [0.29, 0.717) is 24.6 Å². The van der Waals surface area contributed by atoms with E-state index < -0.39 is 0 Å². The Balaban J connectivity index is 1.31. The standard InChI is InChI=1S/C26H27N3O4/c1-31-23-10-4-3-7-17(23)13-19-15-27-25(33-19)18-8-6-12-29(16-18)26(30)22-14-20-21(28-22)9-5-11-24(20)32-2/h3-5,7,9-11,14-15,18,28H,6,8,12-13,16H2,1-2H3/t18-/m0/s1. The molecule has 7 nitrogen and oxygen atoms in total. The van der Waals surface area contributed by atoms with Gasteiger partial charge in [-0.15, -0.1) is 0 Å². The van der Waals surface area contributed by atoms with Gasteiger partial charge in [0.2, 0.25) is 0 Å². The molecule has 1 atom stereocenters. The fraction of sp³-hybridized carbons (Fsp3) is 0.308. The van der Waals surface area contributed by atoms with E-state index in [9.17, 15) is 4.79 Å². The molecule has 1 aliphatic heterocycles. The van der Waals surface area contributed by atoms with Crippen molar-refractivity contribution in [3.8, 4) is 11.5 Å². The molecule has 0 unspecified atom stereocenters. The number of hydrogen-bond donors (Lipinski definition) is 1. The number of likely N-dealkylation sites (tertiary alicyclic amines) is 1. The average Bonchev–Trinajstić information content (AvgIpc) is 3.51. The van der Waals surface area contributed by atoms with Crippen LogP contribution in [0.4, 0.5) is 0 Å². The van der Waals surface area contributed by atoms with Crippen molar-refractivity contribution in [1.82, 2.24) is 14.9 Å². The number of rotatable bonds is 6. The predicted molar refractivity (Wildman–Crippen MR) is 125 cm³/mol. The third kappa shape index (κ3) is 4.18. The number of fused-ring (bicyclic) bond motifs is 1. The molecule has 7 heteroatoms. The van der Waals surface area contributed by atoms with E-state index in [2.05, 4.69) is 9.97 Å². The molecule has 0 spiro atoms. The summed E-state index contributed by atoms with van der Waals surface area (Å²) in [6.45, 7) is 1.30. The van der Waals surface area contributed by atoms with Gasteiger partial charge < -0.3 is 23.8 Å². The van der Waals surface area contributed by atoms with E-state index in [1.54, 1.807) is 20.4 Å². The van der Waals surface area contributed by atoms with Gasteiger partial charge in [0.25, 0.3) is 5.91 Å². The number of nitrogens with one attached hydrogen (secondary N) is 1. The Morgan fingerprint density at radius 2 is 1.97 bits per heavy atom. The molecule has 1 fully saturated rings. The number of para-hydroxylation sites is 1. The van der Waals surface area contributed by atoms with Crippen LogP contribution in [0.1, 0.15) is 46.5 Å². The van der Waals surface area contributed by atoms with Gasteiger partial charge >= 0.3 is 0 Å². The summed E-state index contributed by atoms with van der Waals surface area (Å²) in [4.78, 5) is 22.9. The summed E-state index contributed by atoms with van der Waals surface area (Å²) in [7, 11) is 3.30. The summed E-state index contributed by atoms with van der Waals surface area (Å²) in [5.74, 6) is 3.13. The van der Waals surface area contributed by atoms with Crippen LogP contribution in [-0.4, -0.2) is 48.1 Å². The smallest absolute Gasteiger partial charge is 0.270 e. The van der Waals surface area contributed by atoms with E-state index in [1.807, 2.05) is 53.4 Å². The second-order valence-electron chi connectivity index (χ2n) is 8.35. The van der Waals surface area contributed by atoms with Crippen molar-refractivity contribution in [3.05, 3.63) is 77.6 Å². The normalized spacial score (nSPS) is 16.2. The number of carbonyl (C=O) groups is 1. The molecule has 5 rings (SSSR count). The molecule has 1 N–H and O–H groups in total. The fourth-order valence-electron chi connectivity index (χ4n) is 4.58. The lowest BCUT2D eigenvalue weighted by molar-refractivity contribution is 0.0693. The maximum Gasteiger partial charge on any atom is 0.270 e. The van der Waals surface area contributed by atoms with Crippen LogP contribution in [0.25, 0.3) is 10.9 Å². The summed E-state index contributed by atoms with van der Waals surface area (Å²) in [6.07, 6.45) is 4.25. The molecule has 0 aliphatic carbocycles. The van der Waals surface area contributed by atoms with E-state index in [4.69, 9.17) is 13.9 Å². The topological polar surface area (TPSA) is 80.6 Å². The number of oxazole rings is 1. The monoisotopic (exact) mass is 445 g/mol. The van der Waals surface area contributed by atoms with Crippen molar-refractivity contribution in [2.45, 2.75) is 25.2 Å². The number of aromatic nitrogens is 2. The largest absolute Gasteiger partial charge is 0.496 e. The van der Waals surface area contributed by atoms with E-state index in [-0.39, 0.29) is 11.8 Å². The molecule has 2 aromatic heterocycles. The van der Waals surface area contributed by atoms with Gasteiger partial charge in [0.1, 0.15) is 23.0 Å². The minimum absolute atomic E-state index is 0.0150. The maximum absolute atomic E-state index is 13.3. The zero-order valence-electron chi connectivity index (χ0n) is 18.8. The highest BCUT2D eigenvalue weighted by atomic mass is 16.5. The first-order valence-electron chi connectivity index (χ1n) is 11.2. The SMILES string of the molecule is COc1ccccc1Cc1cnc([C@H]2CCCN(C(=O)c3cc4c(OC)cccc4[nH]3)C2)o1. The number of hydrogen-bond acceptors (Lipinski definition) is 5. The first kappa shape index (κ1) is 21.1. The Kier molecular flexibility index (Phi) is 5.77. The molecule has 0 saturated carbocycles. The number of piperidine rings is 1. The van der Waals surface area contributed by atoms with Crippen LogP contribution >= 0.6 is 0 Å². The molecule has 1 aliphatic rings. The molecule has 0 bridgehead atoms. The highest BCUT2D eigenvalue weighted by Crippen LogP contribution is 2.31. The number of methoxy groups -OCH3 is 2. The Labute approximate surface area is 192 Å². The Hall–Kier alpha value is -3.74. The molecule has 1 amide bonds. The van der Waals surface area contributed by atoms with E-state index in [1.165, 1.54) is 0 Å². The Morgan fingerprint density at radius 1 is 1.15 bits per heavy atom. The molecular formula is C26H27N3O4. The van der Waals surface area contributed by atoms with Crippen LogP contribution in [0, 0.1) is 0 Å². The van der Waals surface area contributed by atoms with Gasteiger partial charge in [-0.2, -0.15) is 0 Å². The first-order valence-corrected chi connectivity index (χ1v) is 11.2. The highest BCUT2D eigenvalue weighted by Gasteiger charge is 2.29. The molecule has 1 saturated heterocycles. The van der Waals surface area contributed by atoms with Crippen LogP contribution in [0.3, 0.4) is 0 Å². The summed E-state index contributed by atoms with van der Waals surface area (Å²) in [6, 6.07) is 15.5. The quantitative estimate of drug-likeness (QED) is 0.462. The number of H-pyrrole nitrogens is 1. The number of amides is 1. The van der Waals surface area contributed by atoms with Gasteiger partial charge in [-0.05, 0) is 37.1 Å². The van der Waals surface area contributed by atoms with Crippen molar-refractivity contribution < 1.29 is 18.7 Å². The zero-order valence-corrected chi connectivity index (χ0v) is 18.8. The lowest BCUT2D eigenvalue weighted by Gasteiger charge is -2.31. The molecular weight excluding hydrogens is 418 g/mol. The lowest BCUT2D eigenvalue weighted by Crippen LogP contribution is -2.39. The van der Waals surface area contributed by atoms with Gasteiger partial charge in [0.15, 0.2) is 5.89 Å². The van der Waals surface area contributed by atoms with Gasteiger partial charge in [-0.1, -0.05) is 24.3 Å². The molecule has 3 heterocycles. The summed E-state index contributed by atoms with van der Waals surface area (Å²) in [5, 5.41) is 0.908. The second-order valence-corrected chi connectivity index (χ2v) is 8.35. The molecule has 4 aromatic rings. The van der Waals surface area contributed by atoms with Gasteiger partial charge in [0.05, 0.1) is 26.3 Å². The van der Waals surface area contributed by atoms with Crippen molar-refractivity contribution in [3.63, 3.8) is 0 Å². The highest BCUT2D eigenvalue weighted by molar-refractivity contribution is 5.99. The van der Waals surface area contributed by atoms with Gasteiger partial charge in [-0.25, -0.2) is 4.98 Å². The predicted octanol–water partition coefficient (Wildman–Crippen LogP) is 4.78. The van der Waals surface area contributed by atoms with Crippen LogP contribution in [0.2, 0.25) is 0 Å². The van der Waals surface area contributed by atoms with Crippen LogP contribution < -0.4 is 9.47 Å². The minimum atomic E-state index is -0.0150. The first-order chi connectivity index (χ1) is 16.2. The summed E-state index contributed by atoms with van der Waals surface area (Å²) >= 11 is 0. The lowest BCUT2D eigenvalue weighted by atomic mass is 9.97. The Bertz CT molecular complexity index is 1280. The second kappa shape index (κ2) is 9.02. The third-order valence-corrected chi connectivity index (χ3v) is 6.26. The molecule has 0 radical (unpaired) electrons. The van der Waals surface area contributed by atoms with Crippen LogP contribution in [-0.2, 0) is 6.42 Å². The van der Waals surface area contributed by atoms with Crippen molar-refractivity contribution in [2.75, 3.05) is 27.3 Å². The third-order valence-electron chi connectivity index (χ3n) is 6.26. The number of benzene rings is 2. The number of aromatic amines is 1. The average molecular weight is 446 g/mol. The fourth-order valence-corrected chi connectivity index (χ4v) is 4.58. The van der Waals surface area contributed by atoms with E-state index in [0.717, 1.165) is 53.1 Å². The van der Waals surface area contributed by atoms with Crippen molar-refractivity contribution >= 4 is 16.8 Å². The summed E-state index contributed by atoms with van der Waals surface area (Å²) < 4.78 is 17.0. The molecule has 33 heavy (non-hydrogen) atoms. The number of nitrogens with zero attached hydrogens (tertiary/aromatic N) is 2. The van der Waals surface area contributed by atoms with Gasteiger partial charge in [-0.3, -0.25) is 4.79 Å². The Morgan fingerprint density at radius 3 is 2.82 bits per heavy atom. The van der Waals surface area contributed by atoms with Crippen molar-refractivity contribution in [1.29, 1.82) is 0 Å². The van der Waals surface area contributed by atoms with Gasteiger partial charge in [0, 0.05) is 36.0 Å². The van der Waals surface area contributed by atoms with Crippen LogP contribution in [0.5, 0.6) is 11.5 Å². The maximum atomic E-state index is 13.3. The number of carbonyl (C=O) groups excluding carboxylic acids is 1. The zero-order chi connectivity index (χ0) is 22.8. The molecule has 170 valence electrons. The number of ether oxygens (including phenoxy) is 2.